The van der Waals surface area contributed by atoms with Gasteiger partial charge in [-0.05, 0) is 31.6 Å². The van der Waals surface area contributed by atoms with Crippen LogP contribution in [0.5, 0.6) is 0 Å². The van der Waals surface area contributed by atoms with Crippen molar-refractivity contribution in [2.75, 3.05) is 0 Å². The van der Waals surface area contributed by atoms with Gasteiger partial charge < -0.3 is 4.98 Å². The van der Waals surface area contributed by atoms with Gasteiger partial charge in [0.2, 0.25) is 0 Å². The second-order valence-electron chi connectivity index (χ2n) is 6.75. The molecule has 5 nitrogen and oxygen atoms in total. The summed E-state index contributed by atoms with van der Waals surface area (Å²) in [5.74, 6) is 1.42. The van der Waals surface area contributed by atoms with Crippen LogP contribution >= 0.6 is 0 Å². The molecule has 0 saturated heterocycles. The lowest BCUT2D eigenvalue weighted by Crippen LogP contribution is -2.22. The fraction of sp³-hybridized carbons (Fsp3) is 0.688. The Morgan fingerprint density at radius 2 is 2.00 bits per heavy atom. The molecule has 2 aromatic heterocycles. The van der Waals surface area contributed by atoms with Crippen molar-refractivity contribution in [1.82, 2.24) is 19.7 Å². The number of aromatic nitrogens is 4. The molecule has 0 aromatic carbocycles. The van der Waals surface area contributed by atoms with Crippen LogP contribution in [0.1, 0.15) is 56.8 Å². The number of nitrogens with zero attached hydrogens (tertiary/aromatic N) is 3. The average Bonchev–Trinajstić information content (AvgIpc) is 2.88. The first-order chi connectivity index (χ1) is 10.7. The molecule has 2 saturated carbocycles. The fourth-order valence-corrected chi connectivity index (χ4v) is 3.60. The number of halogens is 1. The molecule has 2 heterocycles. The van der Waals surface area contributed by atoms with E-state index in [9.17, 15) is 9.18 Å². The first kappa shape index (κ1) is 13.9. The van der Waals surface area contributed by atoms with Crippen molar-refractivity contribution in [3.63, 3.8) is 0 Å². The molecular formula is C16H21FN4O. The van der Waals surface area contributed by atoms with E-state index < -0.39 is 6.17 Å². The maximum atomic E-state index is 13.3. The Bertz CT molecular complexity index is 725. The highest BCUT2D eigenvalue weighted by Gasteiger charge is 2.25. The van der Waals surface area contributed by atoms with Crippen molar-refractivity contribution >= 4 is 11.0 Å². The van der Waals surface area contributed by atoms with Crippen molar-refractivity contribution in [3.05, 3.63) is 22.4 Å². The number of nitrogens with one attached hydrogen (secondary N) is 1. The molecule has 0 amide bonds. The van der Waals surface area contributed by atoms with Gasteiger partial charge in [-0.25, -0.2) is 14.1 Å². The number of aromatic amines is 1. The van der Waals surface area contributed by atoms with Crippen LogP contribution in [0.2, 0.25) is 0 Å². The number of rotatable bonds is 3. The van der Waals surface area contributed by atoms with Gasteiger partial charge in [0, 0.05) is 6.42 Å². The summed E-state index contributed by atoms with van der Waals surface area (Å²) in [7, 11) is 0. The van der Waals surface area contributed by atoms with Gasteiger partial charge in [0.05, 0.1) is 12.2 Å². The smallest absolute Gasteiger partial charge is 0.262 e. The number of hydrogen-bond donors (Lipinski definition) is 1. The standard InChI is InChI=1S/C16H21FN4O/c17-11-4-6-12(7-5-11)21-15-13(9-18-21)16(22)20-14(19-15)8-10-2-1-3-10/h9-12H,1-8H2,(H,19,20,22). The Balaban J connectivity index is 1.68. The minimum absolute atomic E-state index is 0.107. The first-order valence-electron chi connectivity index (χ1n) is 8.31. The van der Waals surface area contributed by atoms with E-state index in [0.717, 1.165) is 25.1 Å². The van der Waals surface area contributed by atoms with E-state index in [1.165, 1.54) is 19.3 Å². The van der Waals surface area contributed by atoms with Crippen LogP contribution in [0.3, 0.4) is 0 Å². The summed E-state index contributed by atoms with van der Waals surface area (Å²) in [5, 5.41) is 4.91. The summed E-state index contributed by atoms with van der Waals surface area (Å²) < 4.78 is 15.2. The lowest BCUT2D eigenvalue weighted by Gasteiger charge is -2.25. The monoisotopic (exact) mass is 304 g/mol. The average molecular weight is 304 g/mol. The van der Waals surface area contributed by atoms with Crippen molar-refractivity contribution < 1.29 is 4.39 Å². The first-order valence-corrected chi connectivity index (χ1v) is 8.31. The van der Waals surface area contributed by atoms with Crippen molar-refractivity contribution in [2.45, 2.75) is 63.6 Å². The van der Waals surface area contributed by atoms with Crippen LogP contribution < -0.4 is 5.56 Å². The van der Waals surface area contributed by atoms with E-state index in [4.69, 9.17) is 0 Å². The largest absolute Gasteiger partial charge is 0.310 e. The van der Waals surface area contributed by atoms with Gasteiger partial charge in [0.15, 0.2) is 5.65 Å². The van der Waals surface area contributed by atoms with Crippen LogP contribution in [0.25, 0.3) is 11.0 Å². The van der Waals surface area contributed by atoms with Gasteiger partial charge >= 0.3 is 0 Å². The SMILES string of the molecule is O=c1[nH]c(CC2CCC2)nc2c1cnn2C1CCC(F)CC1. The predicted molar refractivity (Wildman–Crippen MR) is 81.6 cm³/mol. The zero-order valence-corrected chi connectivity index (χ0v) is 12.6. The Morgan fingerprint density at radius 3 is 2.68 bits per heavy atom. The molecule has 2 aliphatic carbocycles. The van der Waals surface area contributed by atoms with Gasteiger partial charge in [0.25, 0.3) is 5.56 Å². The van der Waals surface area contributed by atoms with E-state index >= 15 is 0 Å². The van der Waals surface area contributed by atoms with Crippen LogP contribution in [0.15, 0.2) is 11.0 Å². The highest BCUT2D eigenvalue weighted by Crippen LogP contribution is 2.32. The third kappa shape index (κ3) is 2.44. The van der Waals surface area contributed by atoms with Gasteiger partial charge in [0.1, 0.15) is 17.4 Å². The fourth-order valence-electron chi connectivity index (χ4n) is 3.60. The molecule has 22 heavy (non-hydrogen) atoms. The highest BCUT2D eigenvalue weighted by molar-refractivity contribution is 5.73. The highest BCUT2D eigenvalue weighted by atomic mass is 19.1. The Labute approximate surface area is 127 Å². The summed E-state index contributed by atoms with van der Waals surface area (Å²) in [4.78, 5) is 19.8. The minimum atomic E-state index is -0.691. The summed E-state index contributed by atoms with van der Waals surface area (Å²) in [6.07, 6.45) is 8.15. The zero-order valence-electron chi connectivity index (χ0n) is 12.6. The molecule has 0 radical (unpaired) electrons. The van der Waals surface area contributed by atoms with E-state index in [2.05, 4.69) is 15.1 Å². The summed E-state index contributed by atoms with van der Waals surface area (Å²) in [6.45, 7) is 0. The van der Waals surface area contributed by atoms with Gasteiger partial charge in [-0.15, -0.1) is 0 Å². The maximum absolute atomic E-state index is 13.3. The molecule has 0 spiro atoms. The number of hydrogen-bond acceptors (Lipinski definition) is 3. The molecule has 0 bridgehead atoms. The van der Waals surface area contributed by atoms with Crippen LogP contribution in [0.4, 0.5) is 4.39 Å². The topological polar surface area (TPSA) is 63.6 Å². The summed E-state index contributed by atoms with van der Waals surface area (Å²) in [6, 6.07) is 0.162. The van der Waals surface area contributed by atoms with Crippen LogP contribution in [0, 0.1) is 5.92 Å². The lowest BCUT2D eigenvalue weighted by molar-refractivity contribution is 0.204. The van der Waals surface area contributed by atoms with E-state index in [1.807, 2.05) is 4.68 Å². The van der Waals surface area contributed by atoms with Crippen molar-refractivity contribution in [2.24, 2.45) is 5.92 Å². The summed E-state index contributed by atoms with van der Waals surface area (Å²) >= 11 is 0. The third-order valence-electron chi connectivity index (χ3n) is 5.19. The third-order valence-corrected chi connectivity index (χ3v) is 5.19. The molecule has 1 N–H and O–H groups in total. The molecule has 0 atom stereocenters. The Morgan fingerprint density at radius 1 is 1.23 bits per heavy atom. The normalized spacial score (nSPS) is 26.2. The van der Waals surface area contributed by atoms with Crippen molar-refractivity contribution in [3.8, 4) is 0 Å². The quantitative estimate of drug-likeness (QED) is 0.948. The maximum Gasteiger partial charge on any atom is 0.262 e. The molecule has 6 heteroatoms. The molecule has 2 aliphatic rings. The minimum Gasteiger partial charge on any atom is -0.310 e. The number of H-pyrrole nitrogens is 1. The van der Waals surface area contributed by atoms with Crippen molar-refractivity contribution in [1.29, 1.82) is 0 Å². The molecule has 2 aromatic rings. The molecule has 118 valence electrons. The van der Waals surface area contributed by atoms with Gasteiger partial charge in [-0.1, -0.05) is 19.3 Å². The van der Waals surface area contributed by atoms with Crippen LogP contribution in [-0.2, 0) is 6.42 Å². The van der Waals surface area contributed by atoms with Crippen LogP contribution in [-0.4, -0.2) is 25.9 Å². The predicted octanol–water partition coefficient (Wildman–Crippen LogP) is 2.92. The molecule has 2 fully saturated rings. The summed E-state index contributed by atoms with van der Waals surface area (Å²) in [5.41, 5.74) is 0.560. The lowest BCUT2D eigenvalue weighted by atomic mass is 9.83. The van der Waals surface area contributed by atoms with E-state index in [1.54, 1.807) is 6.20 Å². The Hall–Kier alpha value is -1.72. The van der Waals surface area contributed by atoms with Gasteiger partial charge in [-0.2, -0.15) is 5.10 Å². The van der Waals surface area contributed by atoms with E-state index in [-0.39, 0.29) is 11.6 Å². The van der Waals surface area contributed by atoms with Gasteiger partial charge in [-0.3, -0.25) is 4.79 Å². The Kier molecular flexibility index (Phi) is 3.47. The zero-order chi connectivity index (χ0) is 15.1. The molecular weight excluding hydrogens is 283 g/mol. The number of fused-ring (bicyclic) bond motifs is 1. The molecule has 4 rings (SSSR count). The second kappa shape index (κ2) is 5.48. The second-order valence-corrected chi connectivity index (χ2v) is 6.75. The molecule has 0 aliphatic heterocycles. The van der Waals surface area contributed by atoms with E-state index in [0.29, 0.717) is 29.8 Å². The molecule has 0 unspecified atom stereocenters. The number of alkyl halides is 1.